The quantitative estimate of drug-likeness (QED) is 0.549. The highest BCUT2D eigenvalue weighted by Gasteiger charge is 2.48. The van der Waals surface area contributed by atoms with E-state index in [4.69, 9.17) is 21.4 Å². The Labute approximate surface area is 186 Å². The molecule has 1 N–H and O–H groups in total. The Bertz CT molecular complexity index is 1140. The van der Waals surface area contributed by atoms with Crippen LogP contribution in [0.25, 0.3) is 17.5 Å². The Hall–Kier alpha value is -2.97. The molecule has 1 aliphatic rings. The molecule has 0 fully saturated rings. The molecule has 0 bridgehead atoms. The number of imidazole rings is 1. The van der Waals surface area contributed by atoms with Crippen LogP contribution >= 0.6 is 24.0 Å². The van der Waals surface area contributed by atoms with Crippen molar-refractivity contribution < 1.29 is 27.8 Å². The van der Waals surface area contributed by atoms with Gasteiger partial charge in [-0.2, -0.15) is 13.2 Å². The van der Waals surface area contributed by atoms with Crippen molar-refractivity contribution in [3.63, 3.8) is 0 Å². The first-order valence-corrected chi connectivity index (χ1v) is 9.19. The number of alkyl halides is 3. The summed E-state index contributed by atoms with van der Waals surface area (Å²) in [6.45, 7) is 0.242. The summed E-state index contributed by atoms with van der Waals surface area (Å²) < 4.78 is 46.8. The first-order chi connectivity index (χ1) is 14.2. The Kier molecular flexibility index (Phi) is 6.33. The second-order valence-electron chi connectivity index (χ2n) is 6.67. The molecule has 0 radical (unpaired) electrons. The first-order valence-electron chi connectivity index (χ1n) is 8.81. The van der Waals surface area contributed by atoms with E-state index in [1.165, 1.54) is 12.1 Å². The number of hydrogen-bond donors (Lipinski definition) is 1. The molecule has 0 saturated carbocycles. The minimum absolute atomic E-state index is 0. The predicted octanol–water partition coefficient (Wildman–Crippen LogP) is 5.46. The van der Waals surface area contributed by atoms with E-state index in [1.54, 1.807) is 12.4 Å². The van der Waals surface area contributed by atoms with E-state index in [9.17, 15) is 18.0 Å². The molecule has 3 aromatic rings. The molecule has 0 aliphatic carbocycles. The van der Waals surface area contributed by atoms with Crippen molar-refractivity contribution in [1.82, 2.24) is 9.55 Å². The van der Waals surface area contributed by atoms with Crippen molar-refractivity contribution in [2.75, 3.05) is 0 Å². The average Bonchev–Trinajstić information content (AvgIpc) is 3.15. The molecule has 1 aliphatic heterocycles. The van der Waals surface area contributed by atoms with E-state index < -0.39 is 23.8 Å². The van der Waals surface area contributed by atoms with Crippen molar-refractivity contribution in [2.24, 2.45) is 0 Å². The average molecular weight is 471 g/mol. The zero-order chi connectivity index (χ0) is 21.5. The van der Waals surface area contributed by atoms with Crippen molar-refractivity contribution in [3.05, 3.63) is 76.6 Å². The fraction of sp³-hybridized carbons (Fsp3) is 0.143. The van der Waals surface area contributed by atoms with Crippen LogP contribution in [0, 0.1) is 0 Å². The lowest BCUT2D eigenvalue weighted by Crippen LogP contribution is -2.40. The lowest BCUT2D eigenvalue weighted by atomic mass is 9.99. The second-order valence-corrected chi connectivity index (χ2v) is 7.08. The van der Waals surface area contributed by atoms with Crippen LogP contribution in [0.3, 0.4) is 0 Å². The van der Waals surface area contributed by atoms with Gasteiger partial charge in [-0.05, 0) is 23.8 Å². The van der Waals surface area contributed by atoms with Crippen molar-refractivity contribution in [3.8, 4) is 17.1 Å². The lowest BCUT2D eigenvalue weighted by molar-refractivity contribution is -0.187. The molecule has 1 aromatic heterocycles. The summed E-state index contributed by atoms with van der Waals surface area (Å²) >= 11 is 6.34. The van der Waals surface area contributed by atoms with Gasteiger partial charge in [-0.1, -0.05) is 41.9 Å². The molecule has 2 aromatic carbocycles. The number of benzene rings is 2. The molecule has 10 heteroatoms. The van der Waals surface area contributed by atoms with Gasteiger partial charge in [0.25, 0.3) is 0 Å². The van der Waals surface area contributed by atoms with E-state index in [0.29, 0.717) is 11.4 Å². The number of halogens is 5. The van der Waals surface area contributed by atoms with E-state index in [1.807, 2.05) is 34.9 Å². The molecule has 4 rings (SSSR count). The summed E-state index contributed by atoms with van der Waals surface area (Å²) in [7, 11) is 0. The van der Waals surface area contributed by atoms with E-state index in [0.717, 1.165) is 11.6 Å². The molecule has 1 atom stereocenters. The summed E-state index contributed by atoms with van der Waals surface area (Å²) in [5, 5.41) is 9.41. The van der Waals surface area contributed by atoms with Gasteiger partial charge in [0, 0.05) is 28.5 Å². The van der Waals surface area contributed by atoms with Gasteiger partial charge < -0.3 is 14.4 Å². The number of aliphatic carboxylic acids is 1. The molecule has 0 spiro atoms. The summed E-state index contributed by atoms with van der Waals surface area (Å²) in [6.07, 6.45) is -3.12. The van der Waals surface area contributed by atoms with Crippen LogP contribution in [0.15, 0.2) is 60.4 Å². The fourth-order valence-electron chi connectivity index (χ4n) is 3.27. The SMILES string of the molecule is Cl.O=C(O)C1=Cc2cc(Cl)c(Cn3ccnc3-c3ccccc3)cc2OC1C(F)(F)F. The third kappa shape index (κ3) is 4.55. The van der Waals surface area contributed by atoms with Crippen LogP contribution in [0.2, 0.25) is 5.02 Å². The van der Waals surface area contributed by atoms with Crippen LogP contribution in [0.1, 0.15) is 11.1 Å². The van der Waals surface area contributed by atoms with Crippen molar-refractivity contribution in [2.45, 2.75) is 18.8 Å². The highest BCUT2D eigenvalue weighted by atomic mass is 35.5. The van der Waals surface area contributed by atoms with E-state index >= 15 is 0 Å². The van der Waals surface area contributed by atoms with Crippen LogP contribution in [0.5, 0.6) is 5.75 Å². The second kappa shape index (κ2) is 8.64. The standard InChI is InChI=1S/C21H14ClF3N2O3.ClH/c22-16-9-13-8-15(20(28)29)18(21(23,24)25)30-17(13)10-14(16)11-27-7-6-26-19(27)12-4-2-1-3-5-12;/h1-10,18H,11H2,(H,28,29);1H. The molecule has 162 valence electrons. The fourth-order valence-corrected chi connectivity index (χ4v) is 3.50. The molecule has 0 amide bonds. The summed E-state index contributed by atoms with van der Waals surface area (Å²) in [6, 6.07) is 12.2. The van der Waals surface area contributed by atoms with Gasteiger partial charge in [0.2, 0.25) is 6.10 Å². The van der Waals surface area contributed by atoms with Crippen LogP contribution in [-0.4, -0.2) is 32.9 Å². The number of hydrogen-bond acceptors (Lipinski definition) is 3. The maximum atomic E-state index is 13.3. The highest BCUT2D eigenvalue weighted by molar-refractivity contribution is 6.31. The normalized spacial score (nSPS) is 15.4. The van der Waals surface area contributed by atoms with Crippen LogP contribution < -0.4 is 4.74 Å². The minimum atomic E-state index is -4.87. The molecule has 1 unspecified atom stereocenters. The van der Waals surface area contributed by atoms with E-state index in [-0.39, 0.29) is 35.3 Å². The van der Waals surface area contributed by atoms with Gasteiger partial charge in [0.05, 0.1) is 12.1 Å². The van der Waals surface area contributed by atoms with E-state index in [2.05, 4.69) is 4.98 Å². The third-order valence-corrected chi connectivity index (χ3v) is 5.00. The zero-order valence-electron chi connectivity index (χ0n) is 15.6. The van der Waals surface area contributed by atoms with Gasteiger partial charge in [-0.15, -0.1) is 12.4 Å². The van der Waals surface area contributed by atoms with Crippen molar-refractivity contribution in [1.29, 1.82) is 0 Å². The van der Waals surface area contributed by atoms with Crippen molar-refractivity contribution >= 4 is 36.1 Å². The molecular formula is C21H15Cl2F3N2O3. The third-order valence-electron chi connectivity index (χ3n) is 4.65. The maximum absolute atomic E-state index is 13.3. The predicted molar refractivity (Wildman–Crippen MR) is 112 cm³/mol. The number of carboxylic acids is 1. The van der Waals surface area contributed by atoms with Crippen LogP contribution in [0.4, 0.5) is 13.2 Å². The lowest BCUT2D eigenvalue weighted by Gasteiger charge is -2.27. The van der Waals surface area contributed by atoms with Gasteiger partial charge in [0.15, 0.2) is 0 Å². The monoisotopic (exact) mass is 470 g/mol. The molecule has 2 heterocycles. The van der Waals surface area contributed by atoms with Gasteiger partial charge in [0.1, 0.15) is 11.6 Å². The number of carbonyl (C=O) groups is 1. The number of nitrogens with zero attached hydrogens (tertiary/aromatic N) is 2. The molecular weight excluding hydrogens is 456 g/mol. The Morgan fingerprint density at radius 3 is 2.58 bits per heavy atom. The topological polar surface area (TPSA) is 64.3 Å². The highest BCUT2D eigenvalue weighted by Crippen LogP contribution is 2.39. The number of aromatic nitrogens is 2. The Morgan fingerprint density at radius 1 is 1.23 bits per heavy atom. The first kappa shape index (κ1) is 22.7. The summed E-state index contributed by atoms with van der Waals surface area (Å²) in [4.78, 5) is 15.6. The summed E-state index contributed by atoms with van der Waals surface area (Å²) in [5.74, 6) is -1.11. The van der Waals surface area contributed by atoms with Crippen LogP contribution in [-0.2, 0) is 11.3 Å². The number of carboxylic acid groups (broad SMARTS) is 1. The molecule has 0 saturated heterocycles. The minimum Gasteiger partial charge on any atom is -0.478 e. The summed E-state index contributed by atoms with van der Waals surface area (Å²) in [5.41, 5.74) is 0.674. The largest absolute Gasteiger partial charge is 0.478 e. The molecule has 5 nitrogen and oxygen atoms in total. The number of ether oxygens (including phenoxy) is 1. The Morgan fingerprint density at radius 2 is 1.94 bits per heavy atom. The maximum Gasteiger partial charge on any atom is 0.430 e. The van der Waals surface area contributed by atoms with Gasteiger partial charge >= 0.3 is 12.1 Å². The smallest absolute Gasteiger partial charge is 0.430 e. The van der Waals surface area contributed by atoms with Gasteiger partial charge in [-0.3, -0.25) is 0 Å². The number of fused-ring (bicyclic) bond motifs is 1. The molecule has 31 heavy (non-hydrogen) atoms. The Balaban J connectivity index is 0.00000272. The number of rotatable bonds is 4. The van der Waals surface area contributed by atoms with Gasteiger partial charge in [-0.25, -0.2) is 9.78 Å². The zero-order valence-corrected chi connectivity index (χ0v) is 17.2.